The number of carbonyl (C=O) groups is 1. The molecule has 2 N–H and O–H groups in total. The third kappa shape index (κ3) is 3.87. The van der Waals surface area contributed by atoms with Crippen molar-refractivity contribution in [2.75, 3.05) is 24.9 Å². The van der Waals surface area contributed by atoms with E-state index in [1.165, 1.54) is 6.07 Å². The van der Waals surface area contributed by atoms with Gasteiger partial charge in [0, 0.05) is 17.7 Å². The molecule has 0 fully saturated rings. The van der Waals surface area contributed by atoms with Crippen molar-refractivity contribution in [3.63, 3.8) is 0 Å². The molecular formula is C27H24F2N2O3. The summed E-state index contributed by atoms with van der Waals surface area (Å²) in [7, 11) is 3.16. The monoisotopic (exact) mass is 462 g/mol. The first-order chi connectivity index (χ1) is 16.5. The van der Waals surface area contributed by atoms with Gasteiger partial charge in [0.1, 0.15) is 0 Å². The van der Waals surface area contributed by atoms with E-state index >= 15 is 0 Å². The standard InChI is InChI=1S/C27H24F2N2O3/c1-33-24-10-8-15(14-25(24)34-2)17-12-22-26(23(32)13-17)27(16-7-9-18(28)19(29)11-16)31-21-6-4-3-5-20(21)30-22/h3-11,14,17,27,30-31H,12-13H2,1-2H3/t17-,27+/m1/s1. The fraction of sp³-hybridized carbons (Fsp3) is 0.222. The van der Waals surface area contributed by atoms with Gasteiger partial charge in [-0.1, -0.05) is 24.3 Å². The molecule has 3 aromatic rings. The summed E-state index contributed by atoms with van der Waals surface area (Å²) >= 11 is 0. The second-order valence-corrected chi connectivity index (χ2v) is 8.46. The summed E-state index contributed by atoms with van der Waals surface area (Å²) in [5.74, 6) is -0.768. The number of carbonyl (C=O) groups excluding carboxylic acids is 1. The Kier molecular flexibility index (Phi) is 5.69. The van der Waals surface area contributed by atoms with Crippen LogP contribution in [0.3, 0.4) is 0 Å². The van der Waals surface area contributed by atoms with E-state index in [-0.39, 0.29) is 18.1 Å². The third-order valence-electron chi connectivity index (χ3n) is 6.46. The molecule has 1 aliphatic carbocycles. The Hall–Kier alpha value is -3.87. The number of ether oxygens (including phenoxy) is 2. The molecule has 2 aliphatic rings. The third-order valence-corrected chi connectivity index (χ3v) is 6.46. The quantitative estimate of drug-likeness (QED) is 0.501. The molecule has 1 heterocycles. The number of halogens is 2. The molecule has 34 heavy (non-hydrogen) atoms. The summed E-state index contributed by atoms with van der Waals surface area (Å²) in [6.45, 7) is 0. The summed E-state index contributed by atoms with van der Waals surface area (Å²) in [5.41, 5.74) is 4.36. The van der Waals surface area contributed by atoms with Gasteiger partial charge in [0.2, 0.25) is 0 Å². The number of methoxy groups -OCH3 is 2. The van der Waals surface area contributed by atoms with Crippen molar-refractivity contribution < 1.29 is 23.0 Å². The van der Waals surface area contributed by atoms with Gasteiger partial charge in [-0.2, -0.15) is 0 Å². The predicted molar refractivity (Wildman–Crippen MR) is 126 cm³/mol. The van der Waals surface area contributed by atoms with Crippen LogP contribution in [0.5, 0.6) is 11.5 Å². The Labute approximate surface area is 196 Å². The van der Waals surface area contributed by atoms with E-state index in [1.807, 2.05) is 42.5 Å². The molecule has 0 saturated heterocycles. The van der Waals surface area contributed by atoms with Gasteiger partial charge in [-0.25, -0.2) is 8.78 Å². The van der Waals surface area contributed by atoms with Crippen LogP contribution in [0.4, 0.5) is 20.2 Å². The van der Waals surface area contributed by atoms with E-state index in [0.717, 1.165) is 34.8 Å². The maximum Gasteiger partial charge on any atom is 0.163 e. The molecule has 0 aromatic heterocycles. The van der Waals surface area contributed by atoms with Crippen molar-refractivity contribution in [3.8, 4) is 11.5 Å². The highest BCUT2D eigenvalue weighted by molar-refractivity contribution is 6.01. The van der Waals surface area contributed by atoms with Crippen molar-refractivity contribution in [3.05, 3.63) is 94.7 Å². The van der Waals surface area contributed by atoms with Crippen LogP contribution in [0.25, 0.3) is 0 Å². The van der Waals surface area contributed by atoms with Crippen LogP contribution in [0.1, 0.15) is 35.9 Å². The minimum atomic E-state index is -0.946. The number of ketones is 1. The van der Waals surface area contributed by atoms with Crippen molar-refractivity contribution in [1.82, 2.24) is 0 Å². The number of hydrogen-bond donors (Lipinski definition) is 2. The van der Waals surface area contributed by atoms with Crippen molar-refractivity contribution in [2.45, 2.75) is 24.8 Å². The van der Waals surface area contributed by atoms with Gasteiger partial charge in [-0.05, 0) is 59.9 Å². The fourth-order valence-corrected chi connectivity index (χ4v) is 4.78. The molecule has 0 spiro atoms. The van der Waals surface area contributed by atoms with E-state index in [4.69, 9.17) is 9.47 Å². The molecule has 5 rings (SSSR count). The average Bonchev–Trinajstić information content (AvgIpc) is 3.02. The Morgan fingerprint density at radius 1 is 0.824 bits per heavy atom. The van der Waals surface area contributed by atoms with Gasteiger partial charge in [-0.3, -0.25) is 4.79 Å². The molecule has 0 radical (unpaired) electrons. The summed E-state index contributed by atoms with van der Waals surface area (Å²) in [6.07, 6.45) is 0.862. The van der Waals surface area contributed by atoms with Crippen LogP contribution < -0.4 is 20.1 Å². The molecule has 5 nitrogen and oxygen atoms in total. The summed E-state index contributed by atoms with van der Waals surface area (Å²) in [6, 6.07) is 16.4. The van der Waals surface area contributed by atoms with Crippen LogP contribution in [0.2, 0.25) is 0 Å². The predicted octanol–water partition coefficient (Wildman–Crippen LogP) is 5.96. The summed E-state index contributed by atoms with van der Waals surface area (Å²) in [5, 5.41) is 6.81. The van der Waals surface area contributed by atoms with E-state index in [0.29, 0.717) is 29.1 Å². The van der Waals surface area contributed by atoms with Gasteiger partial charge < -0.3 is 20.1 Å². The van der Waals surface area contributed by atoms with Crippen molar-refractivity contribution in [2.24, 2.45) is 0 Å². The maximum atomic E-state index is 14.1. The van der Waals surface area contributed by atoms with Crippen LogP contribution >= 0.6 is 0 Å². The minimum Gasteiger partial charge on any atom is -0.493 e. The first-order valence-electron chi connectivity index (χ1n) is 11.0. The molecule has 0 bridgehead atoms. The van der Waals surface area contributed by atoms with Crippen LogP contribution in [0, 0.1) is 11.6 Å². The number of benzene rings is 3. The molecule has 0 saturated carbocycles. The second-order valence-electron chi connectivity index (χ2n) is 8.46. The average molecular weight is 462 g/mol. The zero-order valence-electron chi connectivity index (χ0n) is 18.8. The number of para-hydroxylation sites is 2. The van der Waals surface area contributed by atoms with E-state index in [9.17, 15) is 13.6 Å². The van der Waals surface area contributed by atoms with Crippen molar-refractivity contribution >= 4 is 17.2 Å². The Bertz CT molecular complexity index is 1300. The minimum absolute atomic E-state index is 0.0522. The molecule has 2 atom stereocenters. The van der Waals surface area contributed by atoms with E-state index in [2.05, 4.69) is 10.6 Å². The zero-order valence-corrected chi connectivity index (χ0v) is 18.8. The van der Waals surface area contributed by atoms with Gasteiger partial charge in [0.05, 0.1) is 31.6 Å². The second kappa shape index (κ2) is 8.82. The van der Waals surface area contributed by atoms with Crippen LogP contribution in [-0.2, 0) is 4.79 Å². The van der Waals surface area contributed by atoms with Gasteiger partial charge >= 0.3 is 0 Å². The highest BCUT2D eigenvalue weighted by Crippen LogP contribution is 2.45. The van der Waals surface area contributed by atoms with Crippen LogP contribution in [0.15, 0.2) is 71.9 Å². The topological polar surface area (TPSA) is 59.6 Å². The SMILES string of the molecule is COc1ccc([C@H]2CC(=O)C3=C(C2)Nc2ccccc2N[C@H]3c2ccc(F)c(F)c2)cc1OC. The van der Waals surface area contributed by atoms with Gasteiger partial charge in [0.15, 0.2) is 28.9 Å². The number of fused-ring (bicyclic) bond motifs is 1. The van der Waals surface area contributed by atoms with Crippen molar-refractivity contribution in [1.29, 1.82) is 0 Å². The lowest BCUT2D eigenvalue weighted by atomic mass is 9.78. The molecule has 7 heteroatoms. The zero-order chi connectivity index (χ0) is 23.8. The summed E-state index contributed by atoms with van der Waals surface area (Å²) < 4.78 is 38.6. The highest BCUT2D eigenvalue weighted by Gasteiger charge is 2.36. The molecule has 0 amide bonds. The number of allylic oxidation sites excluding steroid dienone is 1. The molecular weight excluding hydrogens is 438 g/mol. The Morgan fingerprint density at radius 3 is 2.29 bits per heavy atom. The number of rotatable bonds is 4. The molecule has 1 aliphatic heterocycles. The van der Waals surface area contributed by atoms with Gasteiger partial charge in [0.25, 0.3) is 0 Å². The Morgan fingerprint density at radius 2 is 1.56 bits per heavy atom. The summed E-state index contributed by atoms with van der Waals surface area (Å²) in [4.78, 5) is 13.6. The van der Waals surface area contributed by atoms with Crippen LogP contribution in [-0.4, -0.2) is 20.0 Å². The number of nitrogens with one attached hydrogen (secondary N) is 2. The van der Waals surface area contributed by atoms with E-state index in [1.54, 1.807) is 14.2 Å². The largest absolute Gasteiger partial charge is 0.493 e. The number of hydrogen-bond acceptors (Lipinski definition) is 5. The van der Waals surface area contributed by atoms with E-state index < -0.39 is 17.7 Å². The smallest absolute Gasteiger partial charge is 0.163 e. The maximum absolute atomic E-state index is 14.1. The first-order valence-corrected chi connectivity index (χ1v) is 11.0. The normalized spacial score (nSPS) is 19.4. The molecule has 0 unspecified atom stereocenters. The fourth-order valence-electron chi connectivity index (χ4n) is 4.78. The Balaban J connectivity index is 1.59. The number of Topliss-reactive ketones (excluding diaryl/α,β-unsaturated/α-hetero) is 1. The number of anilines is 2. The molecule has 3 aromatic carbocycles. The first kappa shape index (κ1) is 21.9. The highest BCUT2D eigenvalue weighted by atomic mass is 19.2. The molecule has 174 valence electrons. The lowest BCUT2D eigenvalue weighted by Gasteiger charge is -2.30. The lowest BCUT2D eigenvalue weighted by Crippen LogP contribution is -2.27. The lowest BCUT2D eigenvalue weighted by molar-refractivity contribution is -0.116. The van der Waals surface area contributed by atoms with Gasteiger partial charge in [-0.15, -0.1) is 0 Å².